The zero-order valence-corrected chi connectivity index (χ0v) is 16.5. The highest BCUT2D eigenvalue weighted by atomic mass is 19.4. The van der Waals surface area contributed by atoms with Crippen LogP contribution in [0.4, 0.5) is 13.2 Å². The number of phenols is 1. The third kappa shape index (κ3) is 4.59. The van der Waals surface area contributed by atoms with Crippen LogP contribution >= 0.6 is 0 Å². The Morgan fingerprint density at radius 1 is 0.969 bits per heavy atom. The maximum Gasteiger partial charge on any atom is 0.416 e. The second-order valence-corrected chi connectivity index (χ2v) is 6.94. The van der Waals surface area contributed by atoms with Gasteiger partial charge in [0.2, 0.25) is 0 Å². The molecule has 0 fully saturated rings. The third-order valence-electron chi connectivity index (χ3n) is 4.74. The number of benzene rings is 3. The fourth-order valence-electron chi connectivity index (χ4n) is 3.13. The van der Waals surface area contributed by atoms with Crippen molar-refractivity contribution < 1.29 is 23.1 Å². The molecule has 0 saturated heterocycles. The smallest absolute Gasteiger partial charge is 0.416 e. The largest absolute Gasteiger partial charge is 0.508 e. The molecule has 5 nitrogen and oxygen atoms in total. The SMILES string of the molecule is O=C(NN=Cc1ccc(C(F)(F)F)cc1)c1cc(-c2ccc(O)cc2)nc2ccccc12. The van der Waals surface area contributed by atoms with Crippen LogP contribution in [-0.4, -0.2) is 22.2 Å². The quantitative estimate of drug-likeness (QED) is 0.333. The van der Waals surface area contributed by atoms with Crippen molar-refractivity contribution in [1.82, 2.24) is 10.4 Å². The number of pyridine rings is 1. The van der Waals surface area contributed by atoms with E-state index in [2.05, 4.69) is 15.5 Å². The minimum Gasteiger partial charge on any atom is -0.508 e. The van der Waals surface area contributed by atoms with E-state index in [-0.39, 0.29) is 5.75 Å². The van der Waals surface area contributed by atoms with Crippen LogP contribution in [0.5, 0.6) is 5.75 Å². The number of carbonyl (C=O) groups is 1. The zero-order valence-electron chi connectivity index (χ0n) is 16.5. The Balaban J connectivity index is 1.60. The number of para-hydroxylation sites is 1. The number of carbonyl (C=O) groups excluding carboxylic acids is 1. The van der Waals surface area contributed by atoms with E-state index in [1.54, 1.807) is 42.5 Å². The minimum absolute atomic E-state index is 0.116. The van der Waals surface area contributed by atoms with E-state index in [1.165, 1.54) is 30.5 Å². The molecule has 0 saturated carbocycles. The van der Waals surface area contributed by atoms with E-state index in [9.17, 15) is 23.1 Å². The van der Waals surface area contributed by atoms with Gasteiger partial charge in [0.05, 0.1) is 28.6 Å². The molecule has 0 bridgehead atoms. The van der Waals surface area contributed by atoms with Crippen LogP contribution in [0.15, 0.2) is 84.0 Å². The summed E-state index contributed by atoms with van der Waals surface area (Å²) < 4.78 is 38.0. The Kier molecular flexibility index (Phi) is 5.59. The summed E-state index contributed by atoms with van der Waals surface area (Å²) in [4.78, 5) is 17.4. The van der Waals surface area contributed by atoms with Gasteiger partial charge in [-0.15, -0.1) is 0 Å². The Bertz CT molecular complexity index is 1300. The van der Waals surface area contributed by atoms with Crippen LogP contribution in [0.2, 0.25) is 0 Å². The molecule has 0 aliphatic rings. The molecule has 0 radical (unpaired) electrons. The lowest BCUT2D eigenvalue weighted by Crippen LogP contribution is -2.18. The van der Waals surface area contributed by atoms with Crippen molar-refractivity contribution in [2.75, 3.05) is 0 Å². The Labute approximate surface area is 180 Å². The lowest BCUT2D eigenvalue weighted by atomic mass is 10.0. The van der Waals surface area contributed by atoms with Gasteiger partial charge in [0.25, 0.3) is 5.91 Å². The number of hydrogen-bond acceptors (Lipinski definition) is 4. The molecule has 1 heterocycles. The molecule has 0 atom stereocenters. The first-order chi connectivity index (χ1) is 15.3. The predicted octanol–water partition coefficient (Wildman–Crippen LogP) is 5.39. The maximum absolute atomic E-state index is 12.8. The molecule has 4 rings (SSSR count). The second-order valence-electron chi connectivity index (χ2n) is 6.94. The van der Waals surface area contributed by atoms with Gasteiger partial charge in [-0.25, -0.2) is 10.4 Å². The number of phenolic OH excluding ortho intramolecular Hbond substituents is 1. The fraction of sp³-hybridized carbons (Fsp3) is 0.0417. The van der Waals surface area contributed by atoms with Crippen molar-refractivity contribution in [2.45, 2.75) is 6.18 Å². The maximum atomic E-state index is 12.8. The molecule has 3 aromatic carbocycles. The van der Waals surface area contributed by atoms with Crippen LogP contribution in [0.25, 0.3) is 22.2 Å². The number of amides is 1. The Morgan fingerprint density at radius 3 is 2.34 bits per heavy atom. The molecular weight excluding hydrogens is 419 g/mol. The van der Waals surface area contributed by atoms with Crippen LogP contribution in [0, 0.1) is 0 Å². The summed E-state index contributed by atoms with van der Waals surface area (Å²) in [5.74, 6) is -0.378. The summed E-state index contributed by atoms with van der Waals surface area (Å²) in [6.45, 7) is 0. The molecule has 0 aliphatic carbocycles. The van der Waals surface area contributed by atoms with E-state index >= 15 is 0 Å². The van der Waals surface area contributed by atoms with Gasteiger partial charge in [0.15, 0.2) is 0 Å². The van der Waals surface area contributed by atoms with Crippen molar-refractivity contribution in [3.8, 4) is 17.0 Å². The number of nitrogens with zero attached hydrogens (tertiary/aromatic N) is 2. The van der Waals surface area contributed by atoms with E-state index in [1.807, 2.05) is 0 Å². The summed E-state index contributed by atoms with van der Waals surface area (Å²) in [6.07, 6.45) is -3.15. The normalized spacial score (nSPS) is 11.7. The first kappa shape index (κ1) is 21.0. The molecule has 4 aromatic rings. The van der Waals surface area contributed by atoms with Gasteiger partial charge in [0, 0.05) is 10.9 Å². The predicted molar refractivity (Wildman–Crippen MR) is 115 cm³/mol. The van der Waals surface area contributed by atoms with Gasteiger partial charge in [-0.1, -0.05) is 30.3 Å². The highest BCUT2D eigenvalue weighted by Crippen LogP contribution is 2.29. The number of fused-ring (bicyclic) bond motifs is 1. The highest BCUT2D eigenvalue weighted by Gasteiger charge is 2.29. The molecule has 2 N–H and O–H groups in total. The van der Waals surface area contributed by atoms with E-state index in [4.69, 9.17) is 0 Å². The molecular formula is C24H16F3N3O2. The number of halogens is 3. The number of rotatable bonds is 4. The van der Waals surface area contributed by atoms with Crippen molar-refractivity contribution in [1.29, 1.82) is 0 Å². The first-order valence-corrected chi connectivity index (χ1v) is 9.51. The van der Waals surface area contributed by atoms with Crippen LogP contribution in [0.3, 0.4) is 0 Å². The second kappa shape index (κ2) is 8.50. The molecule has 8 heteroatoms. The summed E-state index contributed by atoms with van der Waals surface area (Å²) in [5.41, 5.74) is 4.26. The number of alkyl halides is 3. The van der Waals surface area contributed by atoms with Crippen molar-refractivity contribution in [3.05, 3.63) is 95.6 Å². The summed E-state index contributed by atoms with van der Waals surface area (Å²) in [5, 5.41) is 14.0. The van der Waals surface area contributed by atoms with Gasteiger partial charge in [-0.2, -0.15) is 18.3 Å². The average Bonchev–Trinajstić information content (AvgIpc) is 2.78. The number of nitrogens with one attached hydrogen (secondary N) is 1. The van der Waals surface area contributed by atoms with Crippen LogP contribution < -0.4 is 5.43 Å². The van der Waals surface area contributed by atoms with E-state index < -0.39 is 17.6 Å². The van der Waals surface area contributed by atoms with Crippen LogP contribution in [-0.2, 0) is 6.18 Å². The van der Waals surface area contributed by atoms with Gasteiger partial charge < -0.3 is 5.11 Å². The Morgan fingerprint density at radius 2 is 1.66 bits per heavy atom. The molecule has 0 unspecified atom stereocenters. The molecule has 0 aliphatic heterocycles. The van der Waals surface area contributed by atoms with E-state index in [0.717, 1.165) is 17.7 Å². The van der Waals surface area contributed by atoms with Gasteiger partial charge >= 0.3 is 6.18 Å². The Hall–Kier alpha value is -4.20. The molecule has 160 valence electrons. The van der Waals surface area contributed by atoms with Gasteiger partial charge in [-0.05, 0) is 54.1 Å². The lowest BCUT2D eigenvalue weighted by molar-refractivity contribution is -0.137. The zero-order chi connectivity index (χ0) is 22.7. The number of aromatic nitrogens is 1. The molecule has 1 amide bonds. The molecule has 32 heavy (non-hydrogen) atoms. The summed E-state index contributed by atoms with van der Waals surface area (Å²) >= 11 is 0. The lowest BCUT2D eigenvalue weighted by Gasteiger charge is -2.09. The molecule has 0 spiro atoms. The molecule has 1 aromatic heterocycles. The number of hydrogen-bond donors (Lipinski definition) is 2. The number of hydrazone groups is 1. The highest BCUT2D eigenvalue weighted by molar-refractivity contribution is 6.07. The standard InChI is InChI=1S/C24H16F3N3O2/c25-24(26,27)17-9-5-15(6-10-17)14-28-30-23(32)20-13-22(16-7-11-18(31)12-8-16)29-21-4-2-1-3-19(20)21/h1-14,31H,(H,30,32). The fourth-order valence-corrected chi connectivity index (χ4v) is 3.13. The average molecular weight is 435 g/mol. The topological polar surface area (TPSA) is 74.6 Å². The minimum atomic E-state index is -4.42. The summed E-state index contributed by atoms with van der Waals surface area (Å²) in [7, 11) is 0. The van der Waals surface area contributed by atoms with Gasteiger partial charge in [-0.3, -0.25) is 4.79 Å². The van der Waals surface area contributed by atoms with Crippen molar-refractivity contribution in [3.63, 3.8) is 0 Å². The van der Waals surface area contributed by atoms with Crippen molar-refractivity contribution >= 4 is 23.0 Å². The van der Waals surface area contributed by atoms with Gasteiger partial charge in [0.1, 0.15) is 5.75 Å². The van der Waals surface area contributed by atoms with Crippen molar-refractivity contribution in [2.24, 2.45) is 5.10 Å². The van der Waals surface area contributed by atoms with Crippen LogP contribution in [0.1, 0.15) is 21.5 Å². The first-order valence-electron chi connectivity index (χ1n) is 9.51. The number of aromatic hydroxyl groups is 1. The monoisotopic (exact) mass is 435 g/mol. The van der Waals surface area contributed by atoms with E-state index in [0.29, 0.717) is 27.7 Å². The third-order valence-corrected chi connectivity index (χ3v) is 4.74. The summed E-state index contributed by atoms with van der Waals surface area (Å²) in [6, 6.07) is 19.6.